The van der Waals surface area contributed by atoms with Crippen molar-refractivity contribution in [2.45, 2.75) is 24.9 Å². The third-order valence-corrected chi connectivity index (χ3v) is 5.56. The summed E-state index contributed by atoms with van der Waals surface area (Å²) in [6.07, 6.45) is -0.0462. The summed E-state index contributed by atoms with van der Waals surface area (Å²) in [7, 11) is 1.71. The lowest BCUT2D eigenvalue weighted by atomic mass is 10.1. The molecule has 0 unspecified atom stereocenters. The number of rotatable bonds is 10. The standard InChI is InChI=1S/C21H25N7O7/c1-27-13(8-23-17-16(27)19(33)26-21(22)25-17)9-28(10-29)12-4-2-11(3-5-12)18(32)24-14(20(34)35)6-7-15(30)31/h2-5,10,13-14H,6-9H2,1H3,(H,24,32)(H,30,31)(H,34,35)(H4,22,23,25,26,33)/t13-,14+/m1/s1. The van der Waals surface area contributed by atoms with Crippen molar-refractivity contribution < 1.29 is 29.4 Å². The molecule has 14 heteroatoms. The molecule has 0 aliphatic carbocycles. The molecule has 0 fully saturated rings. The van der Waals surface area contributed by atoms with Crippen molar-refractivity contribution in [1.82, 2.24) is 15.3 Å². The molecule has 0 bridgehead atoms. The lowest BCUT2D eigenvalue weighted by molar-refractivity contribution is -0.140. The van der Waals surface area contributed by atoms with Crippen LogP contribution in [0.1, 0.15) is 23.2 Å². The Morgan fingerprint density at radius 1 is 1.31 bits per heavy atom. The first kappa shape index (κ1) is 25.0. The summed E-state index contributed by atoms with van der Waals surface area (Å²) in [5.41, 5.74) is 6.08. The Morgan fingerprint density at radius 2 is 2.00 bits per heavy atom. The first-order valence-electron chi connectivity index (χ1n) is 10.5. The summed E-state index contributed by atoms with van der Waals surface area (Å²) in [5.74, 6) is -2.86. The zero-order valence-electron chi connectivity index (χ0n) is 18.7. The number of nitrogens with zero attached hydrogens (tertiary/aromatic N) is 3. The van der Waals surface area contributed by atoms with E-state index in [1.165, 1.54) is 29.2 Å². The summed E-state index contributed by atoms with van der Waals surface area (Å²) < 4.78 is 0. The zero-order valence-corrected chi connectivity index (χ0v) is 18.7. The van der Waals surface area contributed by atoms with Crippen LogP contribution in [0.3, 0.4) is 0 Å². The number of likely N-dealkylation sites (N-methyl/N-ethyl adjacent to an activating group) is 1. The van der Waals surface area contributed by atoms with Crippen LogP contribution in [0, 0.1) is 0 Å². The summed E-state index contributed by atoms with van der Waals surface area (Å²) in [5, 5.41) is 23.3. The maximum Gasteiger partial charge on any atom is 0.326 e. The van der Waals surface area contributed by atoms with E-state index in [1.54, 1.807) is 11.9 Å². The predicted octanol–water partition coefficient (Wildman–Crippen LogP) is -0.707. The van der Waals surface area contributed by atoms with Crippen LogP contribution in [0.5, 0.6) is 0 Å². The molecule has 0 saturated heterocycles. The van der Waals surface area contributed by atoms with Gasteiger partial charge >= 0.3 is 11.9 Å². The van der Waals surface area contributed by atoms with Gasteiger partial charge in [0.05, 0.1) is 6.04 Å². The van der Waals surface area contributed by atoms with Crippen LogP contribution in [0.25, 0.3) is 0 Å². The molecule has 1 aliphatic rings. The van der Waals surface area contributed by atoms with Crippen molar-refractivity contribution in [2.75, 3.05) is 41.0 Å². The van der Waals surface area contributed by atoms with E-state index in [2.05, 4.69) is 20.6 Å². The summed E-state index contributed by atoms with van der Waals surface area (Å²) >= 11 is 0. The molecule has 2 atom stereocenters. The van der Waals surface area contributed by atoms with E-state index < -0.39 is 35.9 Å². The van der Waals surface area contributed by atoms with E-state index in [1.807, 2.05) is 0 Å². The fraction of sp³-hybridized carbons (Fsp3) is 0.333. The molecule has 7 N–H and O–H groups in total. The second-order valence-electron chi connectivity index (χ2n) is 7.90. The number of nitrogens with one attached hydrogen (secondary N) is 3. The second kappa shape index (κ2) is 10.5. The molecule has 0 spiro atoms. The molecule has 1 aliphatic heterocycles. The second-order valence-corrected chi connectivity index (χ2v) is 7.90. The highest BCUT2D eigenvalue weighted by atomic mass is 16.4. The Labute approximate surface area is 198 Å². The maximum absolute atomic E-state index is 12.4. The summed E-state index contributed by atoms with van der Waals surface area (Å²) in [6.45, 7) is 0.592. The van der Waals surface area contributed by atoms with Gasteiger partial charge in [0.25, 0.3) is 11.5 Å². The van der Waals surface area contributed by atoms with Gasteiger partial charge in [-0.25, -0.2) is 4.79 Å². The monoisotopic (exact) mass is 487 g/mol. The van der Waals surface area contributed by atoms with E-state index in [0.29, 0.717) is 30.1 Å². The van der Waals surface area contributed by atoms with E-state index in [-0.39, 0.29) is 30.5 Å². The molecule has 2 amide bonds. The average molecular weight is 487 g/mol. The van der Waals surface area contributed by atoms with Gasteiger partial charge in [-0.2, -0.15) is 4.98 Å². The number of carbonyl (C=O) groups is 4. The molecule has 2 aromatic rings. The van der Waals surface area contributed by atoms with Crippen molar-refractivity contribution in [3.8, 4) is 0 Å². The number of H-pyrrole nitrogens is 1. The topological polar surface area (TPSA) is 211 Å². The van der Waals surface area contributed by atoms with Gasteiger partial charge in [0.2, 0.25) is 12.4 Å². The Hall–Kier alpha value is -4.62. The van der Waals surface area contributed by atoms with Crippen LogP contribution >= 0.6 is 0 Å². The largest absolute Gasteiger partial charge is 0.481 e. The number of nitrogen functional groups attached to an aromatic ring is 1. The molecular formula is C21H25N7O7. The Morgan fingerprint density at radius 3 is 2.60 bits per heavy atom. The molecular weight excluding hydrogens is 462 g/mol. The van der Waals surface area contributed by atoms with E-state index in [0.717, 1.165) is 0 Å². The van der Waals surface area contributed by atoms with Crippen LogP contribution in [0.2, 0.25) is 0 Å². The minimum absolute atomic E-state index is 0.0108. The molecule has 1 aromatic heterocycles. The smallest absolute Gasteiger partial charge is 0.326 e. The number of aliphatic carboxylic acids is 2. The fourth-order valence-corrected chi connectivity index (χ4v) is 3.66. The first-order valence-corrected chi connectivity index (χ1v) is 10.5. The van der Waals surface area contributed by atoms with Crippen LogP contribution in [0.4, 0.5) is 23.1 Å². The third kappa shape index (κ3) is 5.85. The number of hydrogen-bond acceptors (Lipinski definition) is 9. The highest BCUT2D eigenvalue weighted by Crippen LogP contribution is 2.26. The number of benzene rings is 1. The van der Waals surface area contributed by atoms with Crippen LogP contribution in [-0.2, 0) is 14.4 Å². The van der Waals surface area contributed by atoms with Crippen LogP contribution in [0.15, 0.2) is 29.1 Å². The van der Waals surface area contributed by atoms with Gasteiger partial charge in [-0.15, -0.1) is 0 Å². The summed E-state index contributed by atoms with van der Waals surface area (Å²) in [4.78, 5) is 68.2. The fourth-order valence-electron chi connectivity index (χ4n) is 3.66. The van der Waals surface area contributed by atoms with Crippen molar-refractivity contribution >= 4 is 47.4 Å². The van der Waals surface area contributed by atoms with Crippen molar-refractivity contribution in [3.63, 3.8) is 0 Å². The Kier molecular flexibility index (Phi) is 7.53. The molecule has 3 rings (SSSR count). The van der Waals surface area contributed by atoms with E-state index in [4.69, 9.17) is 10.8 Å². The average Bonchev–Trinajstić information content (AvgIpc) is 2.80. The molecule has 0 saturated carbocycles. The normalized spacial score (nSPS) is 15.3. The Balaban J connectivity index is 1.69. The lowest BCUT2D eigenvalue weighted by Crippen LogP contribution is -2.50. The quantitative estimate of drug-likeness (QED) is 0.230. The van der Waals surface area contributed by atoms with Crippen molar-refractivity contribution in [3.05, 3.63) is 40.2 Å². The highest BCUT2D eigenvalue weighted by molar-refractivity contribution is 5.97. The van der Waals surface area contributed by atoms with Crippen molar-refractivity contribution in [1.29, 1.82) is 0 Å². The van der Waals surface area contributed by atoms with Gasteiger partial charge in [0.15, 0.2) is 5.82 Å². The van der Waals surface area contributed by atoms with Gasteiger partial charge in [0.1, 0.15) is 11.7 Å². The van der Waals surface area contributed by atoms with E-state index >= 15 is 0 Å². The molecule has 35 heavy (non-hydrogen) atoms. The predicted molar refractivity (Wildman–Crippen MR) is 126 cm³/mol. The van der Waals surface area contributed by atoms with Crippen LogP contribution in [-0.4, -0.2) is 76.7 Å². The summed E-state index contributed by atoms with van der Waals surface area (Å²) in [6, 6.07) is 4.26. The zero-order chi connectivity index (χ0) is 25.7. The molecule has 0 radical (unpaired) electrons. The van der Waals surface area contributed by atoms with Crippen molar-refractivity contribution in [2.24, 2.45) is 0 Å². The first-order chi connectivity index (χ1) is 16.6. The number of carboxylic acids is 2. The SMILES string of the molecule is CN1c2c(nc(N)[nH]c2=O)NC[C@@H]1CN(C=O)c1ccc(C(=O)N[C@@H](CCC(=O)O)C(=O)O)cc1. The van der Waals surface area contributed by atoms with Gasteiger partial charge in [-0.3, -0.25) is 24.2 Å². The third-order valence-electron chi connectivity index (χ3n) is 5.56. The molecule has 186 valence electrons. The number of carbonyl (C=O) groups excluding carboxylic acids is 2. The number of nitrogens with two attached hydrogens (primary N) is 1. The number of aromatic nitrogens is 2. The van der Waals surface area contributed by atoms with E-state index in [9.17, 15) is 29.1 Å². The minimum atomic E-state index is -1.35. The maximum atomic E-state index is 12.4. The molecule has 14 nitrogen and oxygen atoms in total. The number of hydrogen-bond donors (Lipinski definition) is 6. The number of fused-ring (bicyclic) bond motifs is 1. The molecule has 2 heterocycles. The minimum Gasteiger partial charge on any atom is -0.481 e. The molecule has 1 aromatic carbocycles. The number of carboxylic acid groups (broad SMARTS) is 2. The van der Waals surface area contributed by atoms with Crippen LogP contribution < -0.4 is 31.7 Å². The number of aromatic amines is 1. The number of amides is 2. The highest BCUT2D eigenvalue weighted by Gasteiger charge is 2.29. The number of anilines is 4. The van der Waals surface area contributed by atoms with Gasteiger partial charge in [-0.05, 0) is 30.7 Å². The van der Waals surface area contributed by atoms with Gasteiger partial charge < -0.3 is 36.4 Å². The Bertz CT molecular complexity index is 1180. The van der Waals surface area contributed by atoms with Gasteiger partial charge in [0, 0.05) is 37.8 Å². The lowest BCUT2D eigenvalue weighted by Gasteiger charge is -2.37. The van der Waals surface area contributed by atoms with Gasteiger partial charge in [-0.1, -0.05) is 0 Å².